The molecule has 0 aliphatic heterocycles. The van der Waals surface area contributed by atoms with E-state index in [1.807, 2.05) is 25.1 Å². The fourth-order valence-corrected chi connectivity index (χ4v) is 3.07. The van der Waals surface area contributed by atoms with Gasteiger partial charge in [0.15, 0.2) is 0 Å². The Morgan fingerprint density at radius 3 is 2.80 bits per heavy atom. The molecule has 1 aromatic heterocycles. The molecule has 0 spiro atoms. The van der Waals surface area contributed by atoms with Crippen LogP contribution in [0.2, 0.25) is 0 Å². The Morgan fingerprint density at radius 1 is 1.35 bits per heavy atom. The van der Waals surface area contributed by atoms with Crippen molar-refractivity contribution in [2.75, 3.05) is 11.9 Å². The Balaban J connectivity index is 2.07. The van der Waals surface area contributed by atoms with Crippen molar-refractivity contribution in [3.05, 3.63) is 39.8 Å². The summed E-state index contributed by atoms with van der Waals surface area (Å²) in [6.07, 6.45) is 1.02. The van der Waals surface area contributed by atoms with Crippen LogP contribution in [0.1, 0.15) is 41.9 Å². The van der Waals surface area contributed by atoms with E-state index in [4.69, 9.17) is 4.74 Å². The van der Waals surface area contributed by atoms with Crippen molar-refractivity contribution < 1.29 is 4.74 Å². The minimum atomic E-state index is 0.196. The monoisotopic (exact) mass is 290 g/mol. The van der Waals surface area contributed by atoms with Gasteiger partial charge in [0, 0.05) is 16.6 Å². The minimum absolute atomic E-state index is 0.196. The molecule has 1 heterocycles. The first kappa shape index (κ1) is 14.9. The van der Waals surface area contributed by atoms with E-state index in [0.29, 0.717) is 0 Å². The van der Waals surface area contributed by atoms with Crippen molar-refractivity contribution in [3.8, 4) is 5.75 Å². The number of nitrogens with zero attached hydrogens (tertiary/aromatic N) is 1. The van der Waals surface area contributed by atoms with Crippen LogP contribution in [0.25, 0.3) is 0 Å². The van der Waals surface area contributed by atoms with Gasteiger partial charge in [0.1, 0.15) is 5.75 Å². The molecular formula is C16H22N2OS. The molecule has 0 aliphatic carbocycles. The molecule has 0 fully saturated rings. The van der Waals surface area contributed by atoms with Gasteiger partial charge in [-0.2, -0.15) is 0 Å². The highest BCUT2D eigenvalue weighted by Crippen LogP contribution is 2.26. The van der Waals surface area contributed by atoms with Crippen LogP contribution >= 0.6 is 11.3 Å². The molecule has 0 saturated heterocycles. The zero-order valence-electron chi connectivity index (χ0n) is 12.6. The lowest BCUT2D eigenvalue weighted by atomic mass is 10.2. The predicted octanol–water partition coefficient (Wildman–Crippen LogP) is 4.72. The van der Waals surface area contributed by atoms with Gasteiger partial charge in [0.05, 0.1) is 23.4 Å². The Kier molecular flexibility index (Phi) is 5.01. The Morgan fingerprint density at radius 2 is 2.15 bits per heavy atom. The van der Waals surface area contributed by atoms with Crippen LogP contribution in [0, 0.1) is 13.8 Å². The van der Waals surface area contributed by atoms with Gasteiger partial charge in [-0.1, -0.05) is 13.0 Å². The number of hydrogen-bond donors (Lipinski definition) is 1. The lowest BCUT2D eigenvalue weighted by Gasteiger charge is -2.15. The number of nitrogens with one attached hydrogen (secondary N) is 1. The van der Waals surface area contributed by atoms with Gasteiger partial charge in [-0.3, -0.25) is 0 Å². The topological polar surface area (TPSA) is 34.1 Å². The van der Waals surface area contributed by atoms with Crippen LogP contribution in [-0.2, 0) is 0 Å². The molecule has 108 valence electrons. The second-order valence-corrected chi connectivity index (χ2v) is 6.32. The normalized spacial score (nSPS) is 12.2. The number of rotatable bonds is 6. The summed E-state index contributed by atoms with van der Waals surface area (Å²) in [7, 11) is 0. The summed E-state index contributed by atoms with van der Waals surface area (Å²) in [5.41, 5.74) is 2.20. The average Bonchev–Trinajstić information content (AvgIpc) is 2.76. The third-order valence-corrected chi connectivity index (χ3v) is 3.94. The molecule has 2 aromatic rings. The molecule has 0 aliphatic rings. The molecular weight excluding hydrogens is 268 g/mol. The van der Waals surface area contributed by atoms with Crippen LogP contribution < -0.4 is 10.1 Å². The minimum Gasteiger partial charge on any atom is -0.494 e. The van der Waals surface area contributed by atoms with E-state index in [1.165, 1.54) is 4.88 Å². The fraction of sp³-hybridized carbons (Fsp3) is 0.438. The van der Waals surface area contributed by atoms with Gasteiger partial charge < -0.3 is 10.1 Å². The van der Waals surface area contributed by atoms with Crippen molar-refractivity contribution in [2.24, 2.45) is 0 Å². The maximum absolute atomic E-state index is 5.66. The highest BCUT2D eigenvalue weighted by atomic mass is 32.1. The largest absolute Gasteiger partial charge is 0.494 e. The molecule has 0 radical (unpaired) electrons. The summed E-state index contributed by atoms with van der Waals surface area (Å²) >= 11 is 1.75. The smallest absolute Gasteiger partial charge is 0.121 e. The first-order chi connectivity index (χ1) is 9.60. The first-order valence-electron chi connectivity index (χ1n) is 7.03. The van der Waals surface area contributed by atoms with Gasteiger partial charge in [0.25, 0.3) is 0 Å². The van der Waals surface area contributed by atoms with E-state index in [9.17, 15) is 0 Å². The number of anilines is 1. The van der Waals surface area contributed by atoms with Crippen molar-refractivity contribution in [1.82, 2.24) is 4.98 Å². The van der Waals surface area contributed by atoms with Crippen LogP contribution in [0.3, 0.4) is 0 Å². The van der Waals surface area contributed by atoms with E-state index >= 15 is 0 Å². The number of aromatic nitrogens is 1. The predicted molar refractivity (Wildman–Crippen MR) is 85.9 cm³/mol. The van der Waals surface area contributed by atoms with Crippen LogP contribution in [0.5, 0.6) is 5.75 Å². The van der Waals surface area contributed by atoms with Gasteiger partial charge in [0.2, 0.25) is 0 Å². The fourth-order valence-electron chi connectivity index (χ4n) is 2.16. The maximum Gasteiger partial charge on any atom is 0.121 e. The zero-order valence-corrected chi connectivity index (χ0v) is 13.4. The summed E-state index contributed by atoms with van der Waals surface area (Å²) in [4.78, 5) is 5.88. The molecule has 3 nitrogen and oxygen atoms in total. The number of aryl methyl sites for hydroxylation is 2. The SMILES string of the molecule is CCCOc1cccc(NC(C)c2nc(C)sc2C)c1. The molecule has 0 amide bonds. The van der Waals surface area contributed by atoms with Crippen molar-refractivity contribution >= 4 is 17.0 Å². The second kappa shape index (κ2) is 6.75. The third kappa shape index (κ3) is 3.73. The number of hydrogen-bond acceptors (Lipinski definition) is 4. The molecule has 1 N–H and O–H groups in total. The Labute approximate surface area is 125 Å². The molecule has 1 aromatic carbocycles. The summed E-state index contributed by atoms with van der Waals surface area (Å²) in [5.74, 6) is 0.912. The Hall–Kier alpha value is -1.55. The van der Waals surface area contributed by atoms with E-state index in [1.54, 1.807) is 11.3 Å². The summed E-state index contributed by atoms with van der Waals surface area (Å²) in [5, 5.41) is 4.61. The van der Waals surface area contributed by atoms with E-state index < -0.39 is 0 Å². The summed E-state index contributed by atoms with van der Waals surface area (Å²) < 4.78 is 5.66. The number of ether oxygens (including phenoxy) is 1. The van der Waals surface area contributed by atoms with E-state index in [0.717, 1.165) is 35.2 Å². The van der Waals surface area contributed by atoms with Crippen LogP contribution in [0.4, 0.5) is 5.69 Å². The molecule has 0 saturated carbocycles. The first-order valence-corrected chi connectivity index (χ1v) is 7.85. The molecule has 2 rings (SSSR count). The molecule has 1 unspecified atom stereocenters. The average molecular weight is 290 g/mol. The molecule has 4 heteroatoms. The van der Waals surface area contributed by atoms with Crippen LogP contribution in [-0.4, -0.2) is 11.6 Å². The maximum atomic E-state index is 5.66. The standard InChI is InChI=1S/C16H22N2OS/c1-5-9-19-15-8-6-7-14(10-15)17-11(2)16-12(3)20-13(4)18-16/h6-8,10-11,17H,5,9H2,1-4H3. The Bertz CT molecular complexity index is 565. The highest BCUT2D eigenvalue weighted by molar-refractivity contribution is 7.11. The summed E-state index contributed by atoms with van der Waals surface area (Å²) in [6.45, 7) is 9.17. The molecule has 20 heavy (non-hydrogen) atoms. The van der Waals surface area contributed by atoms with Gasteiger partial charge in [-0.15, -0.1) is 11.3 Å². The second-order valence-electron chi connectivity index (χ2n) is 4.92. The number of benzene rings is 1. The van der Waals surface area contributed by atoms with Gasteiger partial charge in [-0.25, -0.2) is 4.98 Å². The van der Waals surface area contributed by atoms with Crippen LogP contribution in [0.15, 0.2) is 24.3 Å². The quantitative estimate of drug-likeness (QED) is 0.835. The zero-order chi connectivity index (χ0) is 14.5. The number of thiazole rings is 1. The summed E-state index contributed by atoms with van der Waals surface area (Å²) in [6, 6.07) is 8.30. The lowest BCUT2D eigenvalue weighted by Crippen LogP contribution is -2.08. The highest BCUT2D eigenvalue weighted by Gasteiger charge is 2.13. The van der Waals surface area contributed by atoms with E-state index in [2.05, 4.69) is 37.1 Å². The molecule has 0 bridgehead atoms. The van der Waals surface area contributed by atoms with Crippen molar-refractivity contribution in [2.45, 2.75) is 40.2 Å². The third-order valence-electron chi connectivity index (χ3n) is 3.04. The lowest BCUT2D eigenvalue weighted by molar-refractivity contribution is 0.317. The van der Waals surface area contributed by atoms with Crippen molar-refractivity contribution in [3.63, 3.8) is 0 Å². The van der Waals surface area contributed by atoms with E-state index in [-0.39, 0.29) is 6.04 Å². The van der Waals surface area contributed by atoms with Gasteiger partial charge in [-0.05, 0) is 39.3 Å². The van der Waals surface area contributed by atoms with Gasteiger partial charge >= 0.3 is 0 Å². The molecule has 1 atom stereocenters. The van der Waals surface area contributed by atoms with Crippen molar-refractivity contribution in [1.29, 1.82) is 0 Å².